The van der Waals surface area contributed by atoms with Crippen LogP contribution in [0.2, 0.25) is 0 Å². The van der Waals surface area contributed by atoms with Crippen molar-refractivity contribution in [3.05, 3.63) is 33.8 Å². The molecule has 20 heavy (non-hydrogen) atoms. The van der Waals surface area contributed by atoms with Crippen molar-refractivity contribution in [3.63, 3.8) is 0 Å². The first-order valence-electron chi connectivity index (χ1n) is 7.61. The minimum Gasteiger partial charge on any atom is -0.352 e. The van der Waals surface area contributed by atoms with E-state index in [0.717, 1.165) is 40.4 Å². The molecule has 1 fully saturated rings. The molecule has 0 aromatic heterocycles. The topological polar surface area (TPSA) is 29.1 Å². The van der Waals surface area contributed by atoms with Crippen LogP contribution in [0.4, 0.5) is 0 Å². The molecule has 110 valence electrons. The Morgan fingerprint density at radius 1 is 1.30 bits per heavy atom. The van der Waals surface area contributed by atoms with Gasteiger partial charge in [-0.2, -0.15) is 0 Å². The van der Waals surface area contributed by atoms with Crippen LogP contribution >= 0.6 is 15.9 Å². The molecule has 1 amide bonds. The van der Waals surface area contributed by atoms with E-state index in [0.29, 0.717) is 0 Å². The summed E-state index contributed by atoms with van der Waals surface area (Å²) in [5, 5.41) is 3.07. The number of amides is 1. The highest BCUT2D eigenvalue weighted by Crippen LogP contribution is 2.30. The van der Waals surface area contributed by atoms with E-state index in [-0.39, 0.29) is 5.91 Å². The summed E-state index contributed by atoms with van der Waals surface area (Å²) in [6.07, 6.45) is 6.47. The zero-order chi connectivity index (χ0) is 14.5. The normalized spacial score (nSPS) is 22.6. The Bertz CT molecular complexity index is 464. The molecule has 0 radical (unpaired) electrons. The van der Waals surface area contributed by atoms with Crippen LogP contribution in [0.25, 0.3) is 0 Å². The highest BCUT2D eigenvalue weighted by molar-refractivity contribution is 9.10. The van der Waals surface area contributed by atoms with Crippen LogP contribution in [-0.2, 0) is 0 Å². The number of carbonyl (C=O) groups excluding carboxylic acids is 1. The monoisotopic (exact) mass is 337 g/mol. The number of rotatable bonds is 4. The van der Waals surface area contributed by atoms with Gasteiger partial charge in [0.25, 0.3) is 5.91 Å². The molecule has 3 heteroatoms. The molecule has 0 bridgehead atoms. The molecule has 0 saturated heterocycles. The first kappa shape index (κ1) is 15.6. The van der Waals surface area contributed by atoms with Crippen molar-refractivity contribution in [1.82, 2.24) is 5.32 Å². The average Bonchev–Trinajstić information content (AvgIpc) is 2.44. The zero-order valence-corrected chi connectivity index (χ0v) is 14.0. The Labute approximate surface area is 130 Å². The lowest BCUT2D eigenvalue weighted by atomic mass is 9.81. The van der Waals surface area contributed by atoms with E-state index in [1.807, 2.05) is 25.1 Å². The van der Waals surface area contributed by atoms with Crippen molar-refractivity contribution < 1.29 is 4.79 Å². The molecule has 1 saturated carbocycles. The van der Waals surface area contributed by atoms with E-state index in [1.54, 1.807) is 0 Å². The average molecular weight is 338 g/mol. The minimum absolute atomic E-state index is 0.0491. The summed E-state index contributed by atoms with van der Waals surface area (Å²) in [4.78, 5) is 12.2. The summed E-state index contributed by atoms with van der Waals surface area (Å²) >= 11 is 3.47. The minimum atomic E-state index is 0.0491. The fourth-order valence-corrected chi connectivity index (χ4v) is 3.32. The molecule has 0 heterocycles. The van der Waals surface area contributed by atoms with E-state index < -0.39 is 0 Å². The van der Waals surface area contributed by atoms with E-state index in [9.17, 15) is 4.79 Å². The smallest absolute Gasteiger partial charge is 0.251 e. The van der Waals surface area contributed by atoms with Crippen molar-refractivity contribution >= 4 is 21.8 Å². The predicted octanol–water partition coefficient (Wildman–Crippen LogP) is 4.70. The summed E-state index contributed by atoms with van der Waals surface area (Å²) in [7, 11) is 0. The van der Waals surface area contributed by atoms with Crippen molar-refractivity contribution in [1.29, 1.82) is 0 Å². The third kappa shape index (κ3) is 4.08. The number of nitrogens with one attached hydrogen (secondary N) is 1. The van der Waals surface area contributed by atoms with Crippen LogP contribution in [0.5, 0.6) is 0 Å². The third-order valence-corrected chi connectivity index (χ3v) is 5.34. The van der Waals surface area contributed by atoms with E-state index in [1.165, 1.54) is 25.7 Å². The number of halogens is 1. The van der Waals surface area contributed by atoms with E-state index >= 15 is 0 Å². The molecule has 0 aliphatic heterocycles. The molecule has 0 atom stereocenters. The van der Waals surface area contributed by atoms with Gasteiger partial charge in [0, 0.05) is 16.6 Å². The van der Waals surface area contributed by atoms with Crippen LogP contribution in [0.1, 0.15) is 54.9 Å². The molecule has 1 aliphatic carbocycles. The van der Waals surface area contributed by atoms with Gasteiger partial charge in [0.05, 0.1) is 0 Å². The highest BCUT2D eigenvalue weighted by Gasteiger charge is 2.18. The largest absolute Gasteiger partial charge is 0.352 e. The van der Waals surface area contributed by atoms with Crippen LogP contribution in [-0.4, -0.2) is 12.5 Å². The maximum atomic E-state index is 12.2. The van der Waals surface area contributed by atoms with Crippen LogP contribution in [0.15, 0.2) is 22.7 Å². The molecule has 2 rings (SSSR count). The first-order valence-corrected chi connectivity index (χ1v) is 8.40. The summed E-state index contributed by atoms with van der Waals surface area (Å²) in [6.45, 7) is 5.11. The number of hydrogen-bond acceptors (Lipinski definition) is 1. The second-order valence-corrected chi connectivity index (χ2v) is 6.94. The molecule has 1 aromatic rings. The maximum Gasteiger partial charge on any atom is 0.251 e. The standard InChI is InChI=1S/C17H24BrNO/c1-12-6-8-14(9-7-12)10-11-19-17(20)15-4-3-5-16(18)13(15)2/h3-5,12,14H,6-11H2,1-2H3,(H,19,20). The van der Waals surface area contributed by atoms with Gasteiger partial charge in [-0.1, -0.05) is 54.6 Å². The van der Waals surface area contributed by atoms with Crippen LogP contribution in [0, 0.1) is 18.8 Å². The predicted molar refractivity (Wildman–Crippen MR) is 87.0 cm³/mol. The SMILES string of the molecule is Cc1c(Br)cccc1C(=O)NCCC1CCC(C)CC1. The Balaban J connectivity index is 1.79. The summed E-state index contributed by atoms with van der Waals surface area (Å²) < 4.78 is 0.992. The number of carbonyl (C=O) groups is 1. The van der Waals surface area contributed by atoms with E-state index in [4.69, 9.17) is 0 Å². The van der Waals surface area contributed by atoms with Gasteiger partial charge in [-0.05, 0) is 42.9 Å². The van der Waals surface area contributed by atoms with Gasteiger partial charge in [-0.25, -0.2) is 0 Å². The van der Waals surface area contributed by atoms with Gasteiger partial charge in [0.15, 0.2) is 0 Å². The Kier molecular flexibility index (Phi) is 5.64. The molecule has 0 unspecified atom stereocenters. The summed E-state index contributed by atoms with van der Waals surface area (Å²) in [6, 6.07) is 5.77. The number of hydrogen-bond donors (Lipinski definition) is 1. The Morgan fingerprint density at radius 3 is 2.70 bits per heavy atom. The van der Waals surface area contributed by atoms with Gasteiger partial charge in [0.1, 0.15) is 0 Å². The lowest BCUT2D eigenvalue weighted by Crippen LogP contribution is -2.27. The van der Waals surface area contributed by atoms with Crippen molar-refractivity contribution in [2.45, 2.75) is 46.0 Å². The fraction of sp³-hybridized carbons (Fsp3) is 0.588. The van der Waals surface area contributed by atoms with Gasteiger partial charge in [-0.15, -0.1) is 0 Å². The van der Waals surface area contributed by atoms with Gasteiger partial charge < -0.3 is 5.32 Å². The van der Waals surface area contributed by atoms with Crippen LogP contribution in [0.3, 0.4) is 0 Å². The molecule has 2 nitrogen and oxygen atoms in total. The maximum absolute atomic E-state index is 12.2. The van der Waals surface area contributed by atoms with Crippen molar-refractivity contribution in [2.75, 3.05) is 6.54 Å². The van der Waals surface area contributed by atoms with Gasteiger partial charge >= 0.3 is 0 Å². The molecular weight excluding hydrogens is 314 g/mol. The highest BCUT2D eigenvalue weighted by atomic mass is 79.9. The number of benzene rings is 1. The van der Waals surface area contributed by atoms with Crippen molar-refractivity contribution in [3.8, 4) is 0 Å². The molecule has 0 spiro atoms. The Morgan fingerprint density at radius 2 is 2.00 bits per heavy atom. The molecule has 1 aliphatic rings. The zero-order valence-electron chi connectivity index (χ0n) is 12.4. The fourth-order valence-electron chi connectivity index (χ4n) is 2.96. The molecular formula is C17H24BrNO. The summed E-state index contributed by atoms with van der Waals surface area (Å²) in [5.41, 5.74) is 1.79. The second kappa shape index (κ2) is 7.26. The summed E-state index contributed by atoms with van der Waals surface area (Å²) in [5.74, 6) is 1.74. The second-order valence-electron chi connectivity index (χ2n) is 6.08. The van der Waals surface area contributed by atoms with Crippen molar-refractivity contribution in [2.24, 2.45) is 11.8 Å². The Hall–Kier alpha value is -0.830. The van der Waals surface area contributed by atoms with Gasteiger partial charge in [0.2, 0.25) is 0 Å². The van der Waals surface area contributed by atoms with Gasteiger partial charge in [-0.3, -0.25) is 4.79 Å². The lowest BCUT2D eigenvalue weighted by molar-refractivity contribution is 0.0949. The quantitative estimate of drug-likeness (QED) is 0.847. The molecule has 1 N–H and O–H groups in total. The lowest BCUT2D eigenvalue weighted by Gasteiger charge is -2.26. The first-order chi connectivity index (χ1) is 9.58. The molecule has 1 aromatic carbocycles. The van der Waals surface area contributed by atoms with E-state index in [2.05, 4.69) is 28.2 Å². The third-order valence-electron chi connectivity index (χ3n) is 4.49. The van der Waals surface area contributed by atoms with Crippen LogP contribution < -0.4 is 5.32 Å².